The Morgan fingerprint density at radius 3 is 2.44 bits per heavy atom. The molecule has 1 rings (SSSR count). The maximum atomic E-state index is 11.6. The monoisotopic (exact) mass is 275 g/mol. The molecule has 3 atom stereocenters. The van der Waals surface area contributed by atoms with Crippen LogP contribution in [0.4, 0.5) is 0 Å². The van der Waals surface area contributed by atoms with Crippen molar-refractivity contribution < 1.29 is 8.42 Å². The Hall–Kier alpha value is -0.0900. The molecule has 0 aromatic carbocycles. The molecule has 3 nitrogen and oxygen atoms in total. The number of nitrogens with one attached hydrogen (secondary N) is 1. The third-order valence-corrected chi connectivity index (χ3v) is 5.59. The van der Waals surface area contributed by atoms with Crippen LogP contribution in [-0.2, 0) is 9.84 Å². The topological polar surface area (TPSA) is 46.2 Å². The zero-order valence-electron chi connectivity index (χ0n) is 12.3. The van der Waals surface area contributed by atoms with Crippen molar-refractivity contribution in [3.8, 4) is 0 Å². The molecule has 0 aliphatic heterocycles. The van der Waals surface area contributed by atoms with Gasteiger partial charge in [0.2, 0.25) is 0 Å². The summed E-state index contributed by atoms with van der Waals surface area (Å²) in [5, 5.41) is 3.38. The number of sulfone groups is 1. The van der Waals surface area contributed by atoms with Crippen molar-refractivity contribution in [3.63, 3.8) is 0 Å². The molecule has 1 aliphatic rings. The normalized spacial score (nSPS) is 27.4. The number of hydrogen-bond acceptors (Lipinski definition) is 3. The van der Waals surface area contributed by atoms with Crippen molar-refractivity contribution >= 4 is 9.84 Å². The Kier molecular flexibility index (Phi) is 6.12. The summed E-state index contributed by atoms with van der Waals surface area (Å²) in [6.45, 7) is 7.62. The Morgan fingerprint density at radius 2 is 1.89 bits per heavy atom. The maximum Gasteiger partial charge on any atom is 0.150 e. The van der Waals surface area contributed by atoms with Crippen molar-refractivity contribution in [1.82, 2.24) is 5.32 Å². The van der Waals surface area contributed by atoms with Gasteiger partial charge in [0.05, 0.1) is 5.25 Å². The van der Waals surface area contributed by atoms with Crippen LogP contribution in [0.2, 0.25) is 0 Å². The predicted octanol–water partition coefficient (Wildman–Crippen LogP) is 2.61. The molecule has 0 saturated heterocycles. The summed E-state index contributed by atoms with van der Waals surface area (Å²) in [6, 6.07) is 0.530. The molecule has 1 fully saturated rings. The average Bonchev–Trinajstić information content (AvgIpc) is 2.25. The van der Waals surface area contributed by atoms with Gasteiger partial charge >= 0.3 is 0 Å². The summed E-state index contributed by atoms with van der Waals surface area (Å²) < 4.78 is 23.2. The second-order valence-electron chi connectivity index (χ2n) is 6.39. The highest BCUT2D eigenvalue weighted by Gasteiger charge is 2.29. The minimum atomic E-state index is -2.84. The Balaban J connectivity index is 2.38. The lowest BCUT2D eigenvalue weighted by Gasteiger charge is -2.30. The van der Waals surface area contributed by atoms with Gasteiger partial charge in [0.1, 0.15) is 9.84 Å². The second-order valence-corrected chi connectivity index (χ2v) is 8.71. The van der Waals surface area contributed by atoms with Crippen molar-refractivity contribution in [3.05, 3.63) is 0 Å². The van der Waals surface area contributed by atoms with E-state index in [4.69, 9.17) is 0 Å². The lowest BCUT2D eigenvalue weighted by Crippen LogP contribution is -2.31. The molecular formula is C14H29NO2S. The average molecular weight is 275 g/mol. The zero-order chi connectivity index (χ0) is 13.8. The first-order chi connectivity index (χ1) is 8.29. The van der Waals surface area contributed by atoms with E-state index in [2.05, 4.69) is 26.1 Å². The molecular weight excluding hydrogens is 246 g/mol. The van der Waals surface area contributed by atoms with Crippen molar-refractivity contribution in [2.24, 2.45) is 11.8 Å². The van der Waals surface area contributed by atoms with Crippen LogP contribution in [0, 0.1) is 11.8 Å². The molecule has 1 N–H and O–H groups in total. The van der Waals surface area contributed by atoms with Crippen LogP contribution < -0.4 is 5.32 Å². The third kappa shape index (κ3) is 5.70. The van der Waals surface area contributed by atoms with Gasteiger partial charge in [-0.25, -0.2) is 8.42 Å². The quantitative estimate of drug-likeness (QED) is 0.810. The van der Waals surface area contributed by atoms with Crippen LogP contribution in [0.15, 0.2) is 0 Å². The minimum Gasteiger partial charge on any atom is -0.314 e. The van der Waals surface area contributed by atoms with Crippen LogP contribution in [0.3, 0.4) is 0 Å². The van der Waals surface area contributed by atoms with Crippen molar-refractivity contribution in [2.75, 3.05) is 12.8 Å². The number of rotatable bonds is 6. The second kappa shape index (κ2) is 6.90. The van der Waals surface area contributed by atoms with Gasteiger partial charge in [-0.3, -0.25) is 0 Å². The lowest BCUT2D eigenvalue weighted by molar-refractivity contribution is 0.289. The smallest absolute Gasteiger partial charge is 0.150 e. The molecule has 0 heterocycles. The molecule has 0 radical (unpaired) electrons. The molecule has 4 heteroatoms. The van der Waals surface area contributed by atoms with Gasteiger partial charge in [-0.05, 0) is 37.6 Å². The summed E-state index contributed by atoms with van der Waals surface area (Å²) in [5.74, 6) is 1.23. The SMILES string of the molecule is CC(CNC(C)C)CC1CCCC(S(C)(=O)=O)C1. The zero-order valence-corrected chi connectivity index (χ0v) is 13.1. The standard InChI is InChI=1S/C14H29NO2S/c1-11(2)15-10-12(3)8-13-6-5-7-14(9-13)18(4,16)17/h11-15H,5-10H2,1-4H3. The van der Waals surface area contributed by atoms with Crippen molar-refractivity contribution in [2.45, 2.75) is 64.2 Å². The molecule has 0 aromatic heterocycles. The Bertz CT molecular complexity index is 338. The molecule has 0 amide bonds. The van der Waals surface area contributed by atoms with Crippen LogP contribution in [0.1, 0.15) is 52.9 Å². The number of hydrogen-bond donors (Lipinski definition) is 1. The fraction of sp³-hybridized carbons (Fsp3) is 1.00. The van der Waals surface area contributed by atoms with Gasteiger partial charge in [-0.15, -0.1) is 0 Å². The first kappa shape index (κ1) is 16.0. The van der Waals surface area contributed by atoms with Crippen molar-refractivity contribution in [1.29, 1.82) is 0 Å². The summed E-state index contributed by atoms with van der Waals surface area (Å²) in [6.07, 6.45) is 6.58. The summed E-state index contributed by atoms with van der Waals surface area (Å²) in [4.78, 5) is 0. The van der Waals surface area contributed by atoms with Gasteiger partial charge in [-0.1, -0.05) is 33.6 Å². The van der Waals surface area contributed by atoms with Gasteiger partial charge in [0, 0.05) is 12.3 Å². The highest BCUT2D eigenvalue weighted by Crippen LogP contribution is 2.32. The van der Waals surface area contributed by atoms with Gasteiger partial charge in [0.25, 0.3) is 0 Å². The van der Waals surface area contributed by atoms with Crippen LogP contribution in [0.5, 0.6) is 0 Å². The molecule has 3 unspecified atom stereocenters. The Labute approximate surface area is 113 Å². The van der Waals surface area contributed by atoms with E-state index in [1.807, 2.05) is 0 Å². The largest absolute Gasteiger partial charge is 0.314 e. The van der Waals surface area contributed by atoms with E-state index in [0.29, 0.717) is 17.9 Å². The van der Waals surface area contributed by atoms with E-state index in [-0.39, 0.29) is 5.25 Å². The van der Waals surface area contributed by atoms with E-state index < -0.39 is 9.84 Å². The molecule has 18 heavy (non-hydrogen) atoms. The first-order valence-corrected chi connectivity index (χ1v) is 9.16. The summed E-state index contributed by atoms with van der Waals surface area (Å²) >= 11 is 0. The van der Waals surface area contributed by atoms with E-state index in [1.54, 1.807) is 0 Å². The third-order valence-electron chi connectivity index (χ3n) is 3.95. The van der Waals surface area contributed by atoms with E-state index in [9.17, 15) is 8.42 Å². The summed E-state index contributed by atoms with van der Waals surface area (Å²) in [5.41, 5.74) is 0. The summed E-state index contributed by atoms with van der Waals surface area (Å²) in [7, 11) is -2.84. The fourth-order valence-corrected chi connectivity index (χ4v) is 4.15. The van der Waals surface area contributed by atoms with Gasteiger partial charge < -0.3 is 5.32 Å². The van der Waals surface area contributed by atoms with Gasteiger partial charge in [0.15, 0.2) is 0 Å². The van der Waals surface area contributed by atoms with Crippen LogP contribution >= 0.6 is 0 Å². The molecule has 0 aromatic rings. The Morgan fingerprint density at radius 1 is 1.22 bits per heavy atom. The van der Waals surface area contributed by atoms with Crippen LogP contribution in [-0.4, -0.2) is 32.5 Å². The van der Waals surface area contributed by atoms with Gasteiger partial charge in [-0.2, -0.15) is 0 Å². The van der Waals surface area contributed by atoms with E-state index >= 15 is 0 Å². The van der Waals surface area contributed by atoms with E-state index in [1.165, 1.54) is 12.7 Å². The molecule has 1 aliphatic carbocycles. The molecule has 0 bridgehead atoms. The maximum absolute atomic E-state index is 11.6. The predicted molar refractivity (Wildman–Crippen MR) is 77.5 cm³/mol. The first-order valence-electron chi connectivity index (χ1n) is 7.21. The fourth-order valence-electron chi connectivity index (χ4n) is 2.93. The van der Waals surface area contributed by atoms with Crippen LogP contribution in [0.25, 0.3) is 0 Å². The molecule has 108 valence electrons. The highest BCUT2D eigenvalue weighted by atomic mass is 32.2. The van der Waals surface area contributed by atoms with E-state index in [0.717, 1.165) is 32.2 Å². The minimum absolute atomic E-state index is 0.0819. The highest BCUT2D eigenvalue weighted by molar-refractivity contribution is 7.91. The molecule has 1 saturated carbocycles. The lowest BCUT2D eigenvalue weighted by atomic mass is 9.83. The molecule has 0 spiro atoms.